The molecular formula is C19H19N3O4S2. The number of sulfonamides is 1. The van der Waals surface area contributed by atoms with Crippen molar-refractivity contribution < 1.29 is 13.3 Å². The molecule has 0 spiro atoms. The van der Waals surface area contributed by atoms with Crippen LogP contribution in [0.15, 0.2) is 47.4 Å². The number of rotatable bonds is 4. The van der Waals surface area contributed by atoms with Crippen molar-refractivity contribution in [2.24, 2.45) is 0 Å². The summed E-state index contributed by atoms with van der Waals surface area (Å²) < 4.78 is 29.0. The Morgan fingerprint density at radius 1 is 1.25 bits per heavy atom. The number of hydrogen-bond donors (Lipinski definition) is 0. The third-order valence-electron chi connectivity index (χ3n) is 5.04. The van der Waals surface area contributed by atoms with E-state index in [1.807, 2.05) is 24.3 Å². The maximum absolute atomic E-state index is 13.2. The van der Waals surface area contributed by atoms with Crippen LogP contribution < -0.4 is 0 Å². The van der Waals surface area contributed by atoms with Gasteiger partial charge in [-0.1, -0.05) is 18.2 Å². The molecule has 28 heavy (non-hydrogen) atoms. The van der Waals surface area contributed by atoms with Crippen molar-refractivity contribution in [3.05, 3.63) is 63.1 Å². The topological polar surface area (TPSA) is 93.4 Å². The Labute approximate surface area is 166 Å². The van der Waals surface area contributed by atoms with Crippen molar-refractivity contribution in [1.29, 1.82) is 0 Å². The molecule has 1 aromatic heterocycles. The van der Waals surface area contributed by atoms with E-state index in [0.717, 1.165) is 34.1 Å². The minimum Gasteiger partial charge on any atom is -0.258 e. The molecule has 3 aromatic rings. The average molecular weight is 418 g/mol. The van der Waals surface area contributed by atoms with E-state index in [2.05, 4.69) is 4.98 Å². The van der Waals surface area contributed by atoms with Crippen molar-refractivity contribution in [1.82, 2.24) is 9.29 Å². The Balaban J connectivity index is 1.65. The highest BCUT2D eigenvalue weighted by atomic mass is 32.2. The van der Waals surface area contributed by atoms with Crippen LogP contribution in [0.25, 0.3) is 10.2 Å². The second-order valence-corrected chi connectivity index (χ2v) is 9.90. The summed E-state index contributed by atoms with van der Waals surface area (Å²) in [4.78, 5) is 15.2. The molecule has 7 nitrogen and oxygen atoms in total. The van der Waals surface area contributed by atoms with Crippen molar-refractivity contribution in [2.75, 3.05) is 13.1 Å². The fraction of sp³-hybridized carbons (Fsp3) is 0.316. The van der Waals surface area contributed by atoms with Crippen molar-refractivity contribution in [3.8, 4) is 0 Å². The van der Waals surface area contributed by atoms with E-state index in [-0.39, 0.29) is 16.5 Å². The van der Waals surface area contributed by atoms with Gasteiger partial charge in [0.15, 0.2) is 0 Å². The van der Waals surface area contributed by atoms with Gasteiger partial charge in [0.25, 0.3) is 5.69 Å². The van der Waals surface area contributed by atoms with E-state index in [4.69, 9.17) is 0 Å². The fourth-order valence-electron chi connectivity index (χ4n) is 3.55. The van der Waals surface area contributed by atoms with Crippen LogP contribution in [-0.2, 0) is 10.0 Å². The van der Waals surface area contributed by atoms with Crippen LogP contribution in [0.3, 0.4) is 0 Å². The Morgan fingerprint density at radius 3 is 2.79 bits per heavy atom. The number of fused-ring (bicyclic) bond motifs is 1. The molecule has 1 aliphatic rings. The number of nitrogens with zero attached hydrogens (tertiary/aromatic N) is 3. The smallest absolute Gasteiger partial charge is 0.258 e. The second kappa shape index (κ2) is 7.23. The Bertz CT molecular complexity index is 1120. The molecule has 1 saturated heterocycles. The molecule has 0 saturated carbocycles. The minimum absolute atomic E-state index is 0.00616. The Hall–Kier alpha value is -2.36. The average Bonchev–Trinajstić information content (AvgIpc) is 3.12. The van der Waals surface area contributed by atoms with E-state index in [1.54, 1.807) is 18.3 Å². The summed E-state index contributed by atoms with van der Waals surface area (Å²) in [6, 6.07) is 11.8. The maximum atomic E-state index is 13.2. The number of nitro groups is 1. The van der Waals surface area contributed by atoms with Gasteiger partial charge in [-0.25, -0.2) is 13.4 Å². The van der Waals surface area contributed by atoms with E-state index in [0.29, 0.717) is 18.7 Å². The quantitative estimate of drug-likeness (QED) is 0.471. The van der Waals surface area contributed by atoms with Gasteiger partial charge in [-0.05, 0) is 37.5 Å². The molecule has 0 amide bonds. The standard InChI is InChI=1S/C19H19N3O4S2/c1-13-8-9-15(22(23)24)11-18(13)28(25,26)21-10-4-5-14(12-21)19-20-16-6-2-3-7-17(16)27-19/h2-3,6-9,11,14H,4-5,10,12H2,1H3/t14-/m1/s1. The number of aryl methyl sites for hydroxylation is 1. The van der Waals surface area contributed by atoms with Crippen LogP contribution in [0.2, 0.25) is 0 Å². The van der Waals surface area contributed by atoms with Crippen molar-refractivity contribution in [2.45, 2.75) is 30.6 Å². The normalized spacial score (nSPS) is 18.4. The van der Waals surface area contributed by atoms with Crippen LogP contribution in [0, 0.1) is 17.0 Å². The van der Waals surface area contributed by atoms with Gasteiger partial charge in [-0.3, -0.25) is 10.1 Å². The zero-order chi connectivity index (χ0) is 19.9. The molecule has 1 atom stereocenters. The number of piperidine rings is 1. The summed E-state index contributed by atoms with van der Waals surface area (Å²) in [5, 5.41) is 12.0. The van der Waals surface area contributed by atoms with E-state index in [1.165, 1.54) is 16.4 Å². The number of hydrogen-bond acceptors (Lipinski definition) is 6. The van der Waals surface area contributed by atoms with Gasteiger partial charge in [-0.15, -0.1) is 11.3 Å². The predicted octanol–water partition coefficient (Wildman–Crippen LogP) is 4.08. The van der Waals surface area contributed by atoms with E-state index < -0.39 is 14.9 Å². The molecule has 9 heteroatoms. The number of thiazole rings is 1. The van der Waals surface area contributed by atoms with Gasteiger partial charge in [0.1, 0.15) is 0 Å². The van der Waals surface area contributed by atoms with Gasteiger partial charge in [0.05, 0.1) is 25.0 Å². The summed E-state index contributed by atoms with van der Waals surface area (Å²) in [7, 11) is -3.81. The molecule has 1 aliphatic heterocycles. The number of nitro benzene ring substituents is 1. The molecule has 4 rings (SSSR count). The van der Waals surface area contributed by atoms with E-state index >= 15 is 0 Å². The Kier molecular flexibility index (Phi) is 4.90. The van der Waals surface area contributed by atoms with Crippen LogP contribution in [0.5, 0.6) is 0 Å². The van der Waals surface area contributed by atoms with Gasteiger partial charge in [0.2, 0.25) is 10.0 Å². The second-order valence-electron chi connectivity index (χ2n) is 6.93. The first-order valence-corrected chi connectivity index (χ1v) is 11.2. The van der Waals surface area contributed by atoms with Crippen molar-refractivity contribution >= 4 is 37.3 Å². The molecule has 0 unspecified atom stereocenters. The van der Waals surface area contributed by atoms with Crippen LogP contribution in [-0.4, -0.2) is 35.7 Å². The monoisotopic (exact) mass is 417 g/mol. The SMILES string of the molecule is Cc1ccc([N+](=O)[O-])cc1S(=O)(=O)N1CCC[C@@H](c2nc3ccccc3s2)C1. The molecule has 2 aromatic carbocycles. The van der Waals surface area contributed by atoms with Gasteiger partial charge in [-0.2, -0.15) is 4.31 Å². The lowest BCUT2D eigenvalue weighted by Gasteiger charge is -2.31. The highest BCUT2D eigenvalue weighted by molar-refractivity contribution is 7.89. The van der Waals surface area contributed by atoms with Crippen molar-refractivity contribution in [3.63, 3.8) is 0 Å². The molecule has 0 radical (unpaired) electrons. The summed E-state index contributed by atoms with van der Waals surface area (Å²) in [5.74, 6) is 0.0277. The van der Waals surface area contributed by atoms with Crippen LogP contribution >= 0.6 is 11.3 Å². The molecule has 0 aliphatic carbocycles. The summed E-state index contributed by atoms with van der Waals surface area (Å²) >= 11 is 1.60. The highest BCUT2D eigenvalue weighted by Crippen LogP contribution is 2.35. The number of non-ortho nitro benzene ring substituents is 1. The van der Waals surface area contributed by atoms with Gasteiger partial charge in [0, 0.05) is 31.1 Å². The minimum atomic E-state index is -3.81. The Morgan fingerprint density at radius 2 is 2.04 bits per heavy atom. The molecule has 2 heterocycles. The van der Waals surface area contributed by atoms with Gasteiger partial charge >= 0.3 is 0 Å². The maximum Gasteiger partial charge on any atom is 0.270 e. The number of aromatic nitrogens is 1. The third kappa shape index (κ3) is 3.41. The van der Waals surface area contributed by atoms with E-state index in [9.17, 15) is 18.5 Å². The van der Waals surface area contributed by atoms with Gasteiger partial charge < -0.3 is 0 Å². The largest absolute Gasteiger partial charge is 0.270 e. The first kappa shape index (κ1) is 19.0. The zero-order valence-corrected chi connectivity index (χ0v) is 16.9. The highest BCUT2D eigenvalue weighted by Gasteiger charge is 2.33. The molecular weight excluding hydrogens is 398 g/mol. The third-order valence-corrected chi connectivity index (χ3v) is 8.25. The fourth-order valence-corrected chi connectivity index (χ4v) is 6.41. The molecule has 0 bridgehead atoms. The first-order chi connectivity index (χ1) is 13.4. The van der Waals surface area contributed by atoms with Crippen LogP contribution in [0.4, 0.5) is 5.69 Å². The molecule has 0 N–H and O–H groups in total. The molecule has 146 valence electrons. The number of para-hydroxylation sites is 1. The predicted molar refractivity (Wildman–Crippen MR) is 108 cm³/mol. The number of benzene rings is 2. The lowest BCUT2D eigenvalue weighted by molar-refractivity contribution is -0.385. The van der Waals surface area contributed by atoms with Crippen LogP contribution in [0.1, 0.15) is 29.3 Å². The molecule has 1 fully saturated rings. The lowest BCUT2D eigenvalue weighted by atomic mass is 10.0. The first-order valence-electron chi connectivity index (χ1n) is 8.97. The zero-order valence-electron chi connectivity index (χ0n) is 15.2. The summed E-state index contributed by atoms with van der Waals surface area (Å²) in [5.41, 5.74) is 1.22. The summed E-state index contributed by atoms with van der Waals surface area (Å²) in [6.07, 6.45) is 1.60. The summed E-state index contributed by atoms with van der Waals surface area (Å²) in [6.45, 7) is 2.40. The lowest BCUT2D eigenvalue weighted by Crippen LogP contribution is -2.39.